The van der Waals surface area contributed by atoms with E-state index < -0.39 is 6.61 Å². The summed E-state index contributed by atoms with van der Waals surface area (Å²) in [6.45, 7) is -1.74. The van der Waals surface area contributed by atoms with Crippen LogP contribution >= 0.6 is 0 Å². The monoisotopic (exact) mass is 393 g/mol. The molecule has 2 aromatic rings. The van der Waals surface area contributed by atoms with E-state index in [0.29, 0.717) is 36.2 Å². The molecule has 1 heterocycles. The molecule has 1 aliphatic heterocycles. The van der Waals surface area contributed by atoms with Gasteiger partial charge < -0.3 is 29.6 Å². The average Bonchev–Trinajstić information content (AvgIpc) is 3.15. The van der Waals surface area contributed by atoms with Crippen LogP contribution in [0.1, 0.15) is 5.56 Å². The number of benzene rings is 2. The number of rotatable bonds is 8. The highest BCUT2D eigenvalue weighted by Gasteiger charge is 2.20. The fourth-order valence-corrected chi connectivity index (χ4v) is 2.56. The molecule has 150 valence electrons. The van der Waals surface area contributed by atoms with Gasteiger partial charge in [-0.15, -0.1) is 0 Å². The number of ether oxygens (including phenoxy) is 4. The molecule has 0 aromatic heterocycles. The van der Waals surface area contributed by atoms with E-state index in [2.05, 4.69) is 20.4 Å². The third kappa shape index (κ3) is 5.38. The van der Waals surface area contributed by atoms with E-state index in [1.54, 1.807) is 13.1 Å². The lowest BCUT2D eigenvalue weighted by Gasteiger charge is -2.15. The van der Waals surface area contributed by atoms with Crippen LogP contribution in [0, 0.1) is 0 Å². The van der Waals surface area contributed by atoms with Crippen molar-refractivity contribution < 1.29 is 27.7 Å². The average molecular weight is 393 g/mol. The Labute approximate surface area is 161 Å². The highest BCUT2D eigenvalue weighted by atomic mass is 19.3. The quantitative estimate of drug-likeness (QED) is 0.408. The third-order valence-electron chi connectivity index (χ3n) is 3.85. The first-order valence-corrected chi connectivity index (χ1v) is 8.65. The van der Waals surface area contributed by atoms with Gasteiger partial charge in [-0.2, -0.15) is 8.78 Å². The summed E-state index contributed by atoms with van der Waals surface area (Å²) in [5.74, 6) is 2.16. The summed E-state index contributed by atoms with van der Waals surface area (Å²) in [7, 11) is 1.61. The standard InChI is InChI=1S/C19H21F2N3O4/c1-22-19(23-7-8-25-14-5-3-2-4-6-14)24-11-13-9-16-17(27-12-26-16)10-15(13)28-18(20)21/h2-6,9-10,18H,7-8,11-12H2,1H3,(H2,22,23,24). The number of hydrogen-bond donors (Lipinski definition) is 2. The molecule has 2 N–H and O–H groups in total. The van der Waals surface area contributed by atoms with E-state index >= 15 is 0 Å². The zero-order valence-electron chi connectivity index (χ0n) is 15.3. The van der Waals surface area contributed by atoms with Gasteiger partial charge >= 0.3 is 6.61 Å². The van der Waals surface area contributed by atoms with Crippen molar-refractivity contribution in [2.24, 2.45) is 4.99 Å². The van der Waals surface area contributed by atoms with Crippen LogP contribution in [0.2, 0.25) is 0 Å². The number of guanidine groups is 1. The van der Waals surface area contributed by atoms with Crippen molar-refractivity contribution in [3.63, 3.8) is 0 Å². The van der Waals surface area contributed by atoms with E-state index in [4.69, 9.17) is 14.2 Å². The summed E-state index contributed by atoms with van der Waals surface area (Å²) >= 11 is 0. The van der Waals surface area contributed by atoms with E-state index in [0.717, 1.165) is 5.75 Å². The van der Waals surface area contributed by atoms with Crippen LogP contribution in [0.4, 0.5) is 8.78 Å². The molecule has 7 nitrogen and oxygen atoms in total. The largest absolute Gasteiger partial charge is 0.492 e. The fraction of sp³-hybridized carbons (Fsp3) is 0.316. The van der Waals surface area contributed by atoms with Crippen molar-refractivity contribution in [2.45, 2.75) is 13.2 Å². The zero-order valence-corrected chi connectivity index (χ0v) is 15.3. The topological polar surface area (TPSA) is 73.3 Å². The van der Waals surface area contributed by atoms with Gasteiger partial charge in [0.05, 0.1) is 6.54 Å². The van der Waals surface area contributed by atoms with Gasteiger partial charge in [-0.3, -0.25) is 4.99 Å². The predicted octanol–water partition coefficient (Wildman–Crippen LogP) is 2.76. The Balaban J connectivity index is 1.53. The van der Waals surface area contributed by atoms with Gasteiger partial charge in [0, 0.05) is 25.2 Å². The van der Waals surface area contributed by atoms with E-state index in [1.807, 2.05) is 30.3 Å². The molecular formula is C19H21F2N3O4. The highest BCUT2D eigenvalue weighted by molar-refractivity contribution is 5.79. The van der Waals surface area contributed by atoms with Crippen LogP contribution < -0.4 is 29.6 Å². The second-order valence-corrected chi connectivity index (χ2v) is 5.71. The Kier molecular flexibility index (Phi) is 6.72. The lowest BCUT2D eigenvalue weighted by atomic mass is 10.1. The number of para-hydroxylation sites is 1. The minimum Gasteiger partial charge on any atom is -0.492 e. The van der Waals surface area contributed by atoms with Gasteiger partial charge in [-0.05, 0) is 18.2 Å². The fourth-order valence-electron chi connectivity index (χ4n) is 2.56. The Morgan fingerprint density at radius 1 is 1.14 bits per heavy atom. The maximum atomic E-state index is 12.7. The molecule has 3 rings (SSSR count). The summed E-state index contributed by atoms with van der Waals surface area (Å²) in [4.78, 5) is 4.10. The lowest BCUT2D eigenvalue weighted by Crippen LogP contribution is -2.39. The molecule has 0 bridgehead atoms. The Bertz CT molecular complexity index is 803. The molecule has 9 heteroatoms. The molecule has 0 aliphatic carbocycles. The first kappa shape index (κ1) is 19.5. The molecule has 0 atom stereocenters. The minimum absolute atomic E-state index is 0.0228. The second-order valence-electron chi connectivity index (χ2n) is 5.71. The van der Waals surface area contributed by atoms with Gasteiger partial charge in [-0.25, -0.2) is 0 Å². The smallest absolute Gasteiger partial charge is 0.387 e. The van der Waals surface area contributed by atoms with Crippen molar-refractivity contribution >= 4 is 5.96 Å². The lowest BCUT2D eigenvalue weighted by molar-refractivity contribution is -0.0505. The number of halogens is 2. The van der Waals surface area contributed by atoms with Gasteiger partial charge in [0.25, 0.3) is 0 Å². The number of hydrogen-bond acceptors (Lipinski definition) is 5. The number of nitrogens with zero attached hydrogens (tertiary/aromatic N) is 1. The maximum absolute atomic E-state index is 12.7. The molecule has 28 heavy (non-hydrogen) atoms. The summed E-state index contributed by atoms with van der Waals surface area (Å²) in [5.41, 5.74) is 0.494. The summed E-state index contributed by atoms with van der Waals surface area (Å²) in [6.07, 6.45) is 0. The van der Waals surface area contributed by atoms with Gasteiger partial charge in [0.2, 0.25) is 6.79 Å². The van der Waals surface area contributed by atoms with Crippen LogP contribution in [0.15, 0.2) is 47.5 Å². The van der Waals surface area contributed by atoms with Crippen LogP contribution in [-0.4, -0.2) is 39.6 Å². The molecule has 0 saturated heterocycles. The Morgan fingerprint density at radius 2 is 1.89 bits per heavy atom. The number of aliphatic imine (C=N–C) groups is 1. The van der Waals surface area contributed by atoms with E-state index in [9.17, 15) is 8.78 Å². The van der Waals surface area contributed by atoms with Crippen LogP contribution in [-0.2, 0) is 6.54 Å². The van der Waals surface area contributed by atoms with Crippen molar-refractivity contribution in [2.75, 3.05) is 27.0 Å². The first-order chi connectivity index (χ1) is 13.7. The van der Waals surface area contributed by atoms with Crippen LogP contribution in [0.5, 0.6) is 23.0 Å². The molecule has 2 aromatic carbocycles. The molecule has 0 unspecified atom stereocenters. The SMILES string of the molecule is CN=C(NCCOc1ccccc1)NCc1cc2c(cc1OC(F)F)OCO2. The molecule has 0 spiro atoms. The van der Waals surface area contributed by atoms with Crippen LogP contribution in [0.3, 0.4) is 0 Å². The van der Waals surface area contributed by atoms with Gasteiger partial charge in [0.1, 0.15) is 18.1 Å². The van der Waals surface area contributed by atoms with Gasteiger partial charge in [-0.1, -0.05) is 18.2 Å². The van der Waals surface area contributed by atoms with E-state index in [-0.39, 0.29) is 19.1 Å². The molecule has 0 amide bonds. The van der Waals surface area contributed by atoms with Gasteiger partial charge in [0.15, 0.2) is 17.5 Å². The summed E-state index contributed by atoms with van der Waals surface area (Å²) in [6, 6.07) is 12.5. The van der Waals surface area contributed by atoms with Crippen molar-refractivity contribution in [1.82, 2.24) is 10.6 Å². The first-order valence-electron chi connectivity index (χ1n) is 8.65. The van der Waals surface area contributed by atoms with Crippen LogP contribution in [0.25, 0.3) is 0 Å². The highest BCUT2D eigenvalue weighted by Crippen LogP contribution is 2.38. The van der Waals surface area contributed by atoms with Crippen molar-refractivity contribution in [3.8, 4) is 23.0 Å². The van der Waals surface area contributed by atoms with Crippen molar-refractivity contribution in [3.05, 3.63) is 48.0 Å². The molecule has 1 aliphatic rings. The molecule has 0 fully saturated rings. The Morgan fingerprint density at radius 3 is 2.61 bits per heavy atom. The summed E-state index contributed by atoms with van der Waals surface area (Å²) in [5, 5.41) is 6.14. The number of nitrogens with one attached hydrogen (secondary N) is 2. The van der Waals surface area contributed by atoms with Crippen molar-refractivity contribution in [1.29, 1.82) is 0 Å². The Hall–Kier alpha value is -3.23. The normalized spacial score (nSPS) is 12.8. The minimum atomic E-state index is -2.94. The summed E-state index contributed by atoms with van der Waals surface area (Å²) < 4.78 is 46.1. The second kappa shape index (κ2) is 9.63. The number of fused-ring (bicyclic) bond motifs is 1. The number of alkyl halides is 2. The van der Waals surface area contributed by atoms with E-state index in [1.165, 1.54) is 6.07 Å². The predicted molar refractivity (Wildman–Crippen MR) is 99.3 cm³/mol. The maximum Gasteiger partial charge on any atom is 0.387 e. The molecular weight excluding hydrogens is 372 g/mol. The third-order valence-corrected chi connectivity index (χ3v) is 3.85. The zero-order chi connectivity index (χ0) is 19.8. The molecule has 0 radical (unpaired) electrons. The molecule has 0 saturated carbocycles.